The van der Waals surface area contributed by atoms with Crippen LogP contribution in [0.25, 0.3) is 22.5 Å². The van der Waals surface area contributed by atoms with Gasteiger partial charge in [0.05, 0.1) is 24.1 Å². The molecule has 1 aliphatic rings. The number of nitrogens with zero attached hydrogens (tertiary/aromatic N) is 1. The van der Waals surface area contributed by atoms with Crippen LogP contribution >= 0.6 is 11.6 Å². The first-order valence-corrected chi connectivity index (χ1v) is 8.15. The van der Waals surface area contributed by atoms with Gasteiger partial charge in [-0.2, -0.15) is 0 Å². The Kier molecular flexibility index (Phi) is 3.70. The summed E-state index contributed by atoms with van der Waals surface area (Å²) in [5.74, 6) is -0.199. The Morgan fingerprint density at radius 1 is 1.16 bits per heavy atom. The molecule has 0 spiro atoms. The van der Waals surface area contributed by atoms with E-state index in [0.717, 1.165) is 27.9 Å². The number of carbonyl (C=O) groups is 1. The van der Waals surface area contributed by atoms with E-state index < -0.39 is 5.97 Å². The van der Waals surface area contributed by atoms with Crippen molar-refractivity contribution in [2.24, 2.45) is 0 Å². The van der Waals surface area contributed by atoms with E-state index in [1.807, 2.05) is 18.2 Å². The van der Waals surface area contributed by atoms with Gasteiger partial charge in [-0.3, -0.25) is 0 Å². The van der Waals surface area contributed by atoms with Crippen molar-refractivity contribution in [1.82, 2.24) is 4.98 Å². The third-order valence-electron chi connectivity index (χ3n) is 4.38. The van der Waals surface area contributed by atoms with Crippen LogP contribution in [0.1, 0.15) is 21.5 Å². The smallest absolute Gasteiger partial charge is 0.338 e. The Labute approximate surface area is 149 Å². The Balaban J connectivity index is 1.95. The Hall–Kier alpha value is -2.85. The van der Waals surface area contributed by atoms with Crippen molar-refractivity contribution in [3.63, 3.8) is 0 Å². The molecule has 0 atom stereocenters. The molecular formula is C20H14ClNO3. The zero-order chi connectivity index (χ0) is 17.6. The average Bonchev–Trinajstić information content (AvgIpc) is 2.98. The van der Waals surface area contributed by atoms with Crippen LogP contribution in [0.15, 0.2) is 48.5 Å². The third-order valence-corrected chi connectivity index (χ3v) is 4.63. The summed E-state index contributed by atoms with van der Waals surface area (Å²) in [7, 11) is 1.37. The van der Waals surface area contributed by atoms with Gasteiger partial charge < -0.3 is 9.84 Å². The standard InChI is InChI=1S/C20H14ClNO3/c1-25-20(24)17-10-18(11-2-4-13(21)5-3-11)22-19-15-7-6-14(23)8-12(15)9-16(17)19/h2-8,10,23H,9H2,1H3. The van der Waals surface area contributed by atoms with Gasteiger partial charge in [-0.1, -0.05) is 23.7 Å². The Bertz CT molecular complexity index is 997. The molecule has 5 heteroatoms. The lowest BCUT2D eigenvalue weighted by Crippen LogP contribution is -2.07. The predicted octanol–water partition coefficient (Wildman–Crippen LogP) is 4.47. The van der Waals surface area contributed by atoms with Gasteiger partial charge in [-0.25, -0.2) is 9.78 Å². The second kappa shape index (κ2) is 5.90. The zero-order valence-electron chi connectivity index (χ0n) is 13.4. The van der Waals surface area contributed by atoms with E-state index in [-0.39, 0.29) is 5.75 Å². The topological polar surface area (TPSA) is 59.4 Å². The van der Waals surface area contributed by atoms with E-state index in [1.165, 1.54) is 7.11 Å². The second-order valence-corrected chi connectivity index (χ2v) is 6.34. The van der Waals surface area contributed by atoms with Crippen LogP contribution in [-0.4, -0.2) is 23.2 Å². The number of benzene rings is 2. The zero-order valence-corrected chi connectivity index (χ0v) is 14.2. The highest BCUT2D eigenvalue weighted by Crippen LogP contribution is 2.40. The van der Waals surface area contributed by atoms with Crippen molar-refractivity contribution in [1.29, 1.82) is 0 Å². The van der Waals surface area contributed by atoms with E-state index in [1.54, 1.807) is 30.3 Å². The highest BCUT2D eigenvalue weighted by atomic mass is 35.5. The van der Waals surface area contributed by atoms with E-state index in [4.69, 9.17) is 21.3 Å². The normalized spacial score (nSPS) is 11.8. The first kappa shape index (κ1) is 15.7. The quantitative estimate of drug-likeness (QED) is 0.541. The molecule has 1 aliphatic carbocycles. The molecule has 0 radical (unpaired) electrons. The molecule has 25 heavy (non-hydrogen) atoms. The van der Waals surface area contributed by atoms with Crippen molar-refractivity contribution in [2.75, 3.05) is 7.11 Å². The molecule has 1 N–H and O–H groups in total. The fraction of sp³-hybridized carbons (Fsp3) is 0.100. The summed E-state index contributed by atoms with van der Waals surface area (Å²) in [5, 5.41) is 10.4. The molecule has 1 aromatic heterocycles. The van der Waals surface area contributed by atoms with Crippen LogP contribution < -0.4 is 0 Å². The lowest BCUT2D eigenvalue weighted by Gasteiger charge is -2.10. The molecule has 3 aromatic rings. The lowest BCUT2D eigenvalue weighted by atomic mass is 10.0. The number of hydrogen-bond acceptors (Lipinski definition) is 4. The third kappa shape index (κ3) is 2.65. The Morgan fingerprint density at radius 3 is 2.64 bits per heavy atom. The number of ether oxygens (including phenoxy) is 1. The number of aromatic hydroxyl groups is 1. The van der Waals surface area contributed by atoms with Crippen LogP contribution in [0.3, 0.4) is 0 Å². The van der Waals surface area contributed by atoms with Gasteiger partial charge in [-0.15, -0.1) is 0 Å². The van der Waals surface area contributed by atoms with E-state index in [2.05, 4.69) is 0 Å². The van der Waals surface area contributed by atoms with Crippen molar-refractivity contribution in [2.45, 2.75) is 6.42 Å². The van der Waals surface area contributed by atoms with Crippen LogP contribution in [0.4, 0.5) is 0 Å². The van der Waals surface area contributed by atoms with Crippen LogP contribution in [0.5, 0.6) is 5.75 Å². The van der Waals surface area contributed by atoms with Gasteiger partial charge in [0.1, 0.15) is 5.75 Å². The van der Waals surface area contributed by atoms with Crippen LogP contribution in [0.2, 0.25) is 5.02 Å². The summed E-state index contributed by atoms with van der Waals surface area (Å²) in [6.07, 6.45) is 0.539. The number of halogens is 1. The average molecular weight is 352 g/mol. The maximum atomic E-state index is 12.3. The fourth-order valence-corrected chi connectivity index (χ4v) is 3.31. The molecule has 1 heterocycles. The monoisotopic (exact) mass is 351 g/mol. The molecule has 0 bridgehead atoms. The van der Waals surface area contributed by atoms with Gasteiger partial charge in [-0.05, 0) is 47.5 Å². The minimum Gasteiger partial charge on any atom is -0.508 e. The number of phenolic OH excluding ortho intramolecular Hbond substituents is 1. The maximum Gasteiger partial charge on any atom is 0.338 e. The lowest BCUT2D eigenvalue weighted by molar-refractivity contribution is 0.0599. The number of pyridine rings is 1. The molecule has 0 unspecified atom stereocenters. The predicted molar refractivity (Wildman–Crippen MR) is 95.9 cm³/mol. The minimum atomic E-state index is -0.397. The molecule has 124 valence electrons. The van der Waals surface area contributed by atoms with Crippen molar-refractivity contribution in [3.05, 3.63) is 70.2 Å². The number of hydrogen-bond donors (Lipinski definition) is 1. The van der Waals surface area contributed by atoms with E-state index in [0.29, 0.717) is 22.7 Å². The van der Waals surface area contributed by atoms with Crippen molar-refractivity contribution >= 4 is 17.6 Å². The molecule has 4 rings (SSSR count). The summed E-state index contributed by atoms with van der Waals surface area (Å²) in [6.45, 7) is 0. The first-order chi connectivity index (χ1) is 12.1. The highest BCUT2D eigenvalue weighted by molar-refractivity contribution is 6.30. The van der Waals surface area contributed by atoms with Gasteiger partial charge >= 0.3 is 5.97 Å². The Morgan fingerprint density at radius 2 is 1.92 bits per heavy atom. The number of rotatable bonds is 2. The summed E-state index contributed by atoms with van der Waals surface area (Å²) < 4.78 is 4.96. The molecular weight excluding hydrogens is 338 g/mol. The summed E-state index contributed by atoms with van der Waals surface area (Å²) in [4.78, 5) is 17.1. The number of carbonyl (C=O) groups excluding carboxylic acids is 1. The van der Waals surface area contributed by atoms with Crippen LogP contribution in [-0.2, 0) is 11.2 Å². The largest absolute Gasteiger partial charge is 0.508 e. The summed E-state index contributed by atoms with van der Waals surface area (Å²) in [6, 6.07) is 14.2. The van der Waals surface area contributed by atoms with E-state index >= 15 is 0 Å². The summed E-state index contributed by atoms with van der Waals surface area (Å²) >= 11 is 5.96. The van der Waals surface area contributed by atoms with Gasteiger partial charge in [0.2, 0.25) is 0 Å². The van der Waals surface area contributed by atoms with Gasteiger partial charge in [0.25, 0.3) is 0 Å². The van der Waals surface area contributed by atoms with Gasteiger partial charge in [0, 0.05) is 22.6 Å². The minimum absolute atomic E-state index is 0.198. The highest BCUT2D eigenvalue weighted by Gasteiger charge is 2.27. The molecule has 0 fully saturated rings. The summed E-state index contributed by atoms with van der Waals surface area (Å²) in [5.41, 5.74) is 5.48. The fourth-order valence-electron chi connectivity index (χ4n) is 3.18. The molecule has 2 aromatic carbocycles. The second-order valence-electron chi connectivity index (χ2n) is 5.90. The first-order valence-electron chi connectivity index (χ1n) is 7.77. The van der Waals surface area contributed by atoms with E-state index in [9.17, 15) is 9.90 Å². The van der Waals surface area contributed by atoms with Crippen molar-refractivity contribution in [3.8, 4) is 28.3 Å². The van der Waals surface area contributed by atoms with Crippen molar-refractivity contribution < 1.29 is 14.6 Å². The molecule has 0 aliphatic heterocycles. The molecule has 0 amide bonds. The number of fused-ring (bicyclic) bond motifs is 3. The number of phenols is 1. The van der Waals surface area contributed by atoms with Crippen LogP contribution in [0, 0.1) is 0 Å². The number of aromatic nitrogens is 1. The number of methoxy groups -OCH3 is 1. The number of esters is 1. The molecule has 4 nitrogen and oxygen atoms in total. The molecule has 0 saturated heterocycles. The molecule has 0 saturated carbocycles. The maximum absolute atomic E-state index is 12.3. The SMILES string of the molecule is COC(=O)c1cc(-c2ccc(Cl)cc2)nc2c1Cc1cc(O)ccc1-2. The van der Waals surface area contributed by atoms with Gasteiger partial charge in [0.15, 0.2) is 0 Å².